The molecule has 0 saturated heterocycles. The number of hydrogen-bond donors (Lipinski definition) is 4. The Bertz CT molecular complexity index is 2170. The molecule has 0 aliphatic heterocycles. The van der Waals surface area contributed by atoms with Crippen LogP contribution >= 0.6 is 13.5 Å². The SMILES string of the molecule is C.C.COC(=O)[C@@H](CCCCNC(=O)OC(C)(C)C)NC(=O)CCCOc1ccc2ccccc2c1-c1c(OCCCC(=O)N[C@H](CCCCNC(=O)OC(C)(C)C)C(=O)OC)ccc2ccccc12.S. The Labute approximate surface area is 427 Å². The van der Waals surface area contributed by atoms with Crippen molar-refractivity contribution in [1.82, 2.24) is 21.3 Å². The maximum absolute atomic E-state index is 13.1. The molecule has 71 heavy (non-hydrogen) atoms. The first-order valence-electron chi connectivity index (χ1n) is 23.4. The lowest BCUT2D eigenvalue weighted by atomic mass is 9.92. The summed E-state index contributed by atoms with van der Waals surface area (Å²) in [5.74, 6) is -0.558. The molecule has 0 heterocycles. The largest absolute Gasteiger partial charge is 0.493 e. The predicted octanol–water partition coefficient (Wildman–Crippen LogP) is 10.1. The molecule has 4 amide bonds. The van der Waals surface area contributed by atoms with Crippen LogP contribution in [0.25, 0.3) is 32.7 Å². The molecule has 4 rings (SSSR count). The summed E-state index contributed by atoms with van der Waals surface area (Å²) in [6.07, 6.45) is 2.81. The van der Waals surface area contributed by atoms with Gasteiger partial charge in [-0.05, 0) is 127 Å². The number of alkyl carbamates (subject to hydrolysis) is 2. The summed E-state index contributed by atoms with van der Waals surface area (Å²) in [6.45, 7) is 11.8. The minimum absolute atomic E-state index is 0. The molecule has 0 aliphatic rings. The molecule has 0 aromatic heterocycles. The van der Waals surface area contributed by atoms with Crippen molar-refractivity contribution in [3.05, 3.63) is 72.8 Å². The maximum Gasteiger partial charge on any atom is 0.407 e. The highest BCUT2D eigenvalue weighted by atomic mass is 32.1. The Morgan fingerprint density at radius 2 is 0.873 bits per heavy atom. The van der Waals surface area contributed by atoms with E-state index in [1.165, 1.54) is 14.2 Å². The van der Waals surface area contributed by atoms with Gasteiger partial charge in [-0.25, -0.2) is 19.2 Å². The number of fused-ring (bicyclic) bond motifs is 2. The van der Waals surface area contributed by atoms with Gasteiger partial charge in [0.25, 0.3) is 0 Å². The molecule has 0 saturated carbocycles. The molecule has 0 unspecified atom stereocenters. The van der Waals surface area contributed by atoms with Crippen LogP contribution in [0.15, 0.2) is 72.8 Å². The monoisotopic (exact) mass is 1010 g/mol. The van der Waals surface area contributed by atoms with Crippen molar-refractivity contribution in [2.75, 3.05) is 40.5 Å². The van der Waals surface area contributed by atoms with E-state index >= 15 is 0 Å². The number of rotatable bonds is 25. The normalized spacial score (nSPS) is 11.8. The third-order valence-electron chi connectivity index (χ3n) is 10.5. The fraction of sp³-hybridized carbons (Fsp3) is 0.519. The number of methoxy groups -OCH3 is 2. The van der Waals surface area contributed by atoms with Crippen molar-refractivity contribution < 1.29 is 57.2 Å². The highest BCUT2D eigenvalue weighted by Gasteiger charge is 2.24. The molecule has 17 heteroatoms. The average Bonchev–Trinajstić information content (AvgIpc) is 3.28. The first-order chi connectivity index (χ1) is 32.4. The van der Waals surface area contributed by atoms with E-state index in [2.05, 4.69) is 21.3 Å². The van der Waals surface area contributed by atoms with Gasteiger partial charge in [0.1, 0.15) is 34.8 Å². The molecule has 0 fully saturated rings. The average molecular weight is 1010 g/mol. The summed E-state index contributed by atoms with van der Waals surface area (Å²) >= 11 is 0. The summed E-state index contributed by atoms with van der Waals surface area (Å²) in [6, 6.07) is 22.1. The number of carbonyl (C=O) groups is 6. The van der Waals surface area contributed by atoms with Gasteiger partial charge in [-0.2, -0.15) is 13.5 Å². The summed E-state index contributed by atoms with van der Waals surface area (Å²) < 4.78 is 33.4. The van der Waals surface area contributed by atoms with Gasteiger partial charge in [0.2, 0.25) is 11.8 Å². The van der Waals surface area contributed by atoms with E-state index in [9.17, 15) is 28.8 Å². The van der Waals surface area contributed by atoms with Crippen LogP contribution in [0.3, 0.4) is 0 Å². The van der Waals surface area contributed by atoms with Gasteiger partial charge in [0, 0.05) is 37.1 Å². The molecular weight excluding hydrogens is 929 g/mol. The molecule has 0 radical (unpaired) electrons. The predicted molar refractivity (Wildman–Crippen MR) is 284 cm³/mol. The topological polar surface area (TPSA) is 206 Å². The molecule has 16 nitrogen and oxygen atoms in total. The Hall–Kier alpha value is -6.23. The second-order valence-electron chi connectivity index (χ2n) is 18.4. The number of amides is 4. The fourth-order valence-electron chi connectivity index (χ4n) is 7.36. The van der Waals surface area contributed by atoms with Crippen molar-refractivity contribution in [3.63, 3.8) is 0 Å². The molecule has 2 atom stereocenters. The first kappa shape index (κ1) is 62.8. The zero-order valence-corrected chi connectivity index (χ0v) is 42.4. The van der Waals surface area contributed by atoms with Crippen LogP contribution < -0.4 is 30.7 Å². The Morgan fingerprint density at radius 3 is 1.23 bits per heavy atom. The van der Waals surface area contributed by atoms with Crippen LogP contribution in [0.1, 0.15) is 121 Å². The molecular formula is C54H80N4O12S. The van der Waals surface area contributed by atoms with E-state index in [-0.39, 0.29) is 66.2 Å². The smallest absolute Gasteiger partial charge is 0.407 e. The second-order valence-corrected chi connectivity index (χ2v) is 18.4. The molecule has 394 valence electrons. The molecule has 0 aliphatic carbocycles. The summed E-state index contributed by atoms with van der Waals surface area (Å²) in [7, 11) is 2.55. The van der Waals surface area contributed by atoms with Crippen molar-refractivity contribution >= 4 is 71.0 Å². The van der Waals surface area contributed by atoms with E-state index in [1.54, 1.807) is 41.5 Å². The van der Waals surface area contributed by atoms with Crippen LogP contribution in [0.5, 0.6) is 11.5 Å². The number of unbranched alkanes of at least 4 members (excludes halogenated alkanes) is 2. The third-order valence-corrected chi connectivity index (χ3v) is 10.5. The molecule has 0 bridgehead atoms. The number of esters is 2. The van der Waals surface area contributed by atoms with E-state index in [0.717, 1.165) is 32.7 Å². The Kier molecular flexibility index (Phi) is 27.6. The first-order valence-corrected chi connectivity index (χ1v) is 23.4. The minimum Gasteiger partial charge on any atom is -0.493 e. The van der Waals surface area contributed by atoms with Gasteiger partial charge in [-0.1, -0.05) is 75.5 Å². The van der Waals surface area contributed by atoms with Crippen LogP contribution in [0, 0.1) is 0 Å². The molecule has 4 N–H and O–H groups in total. The highest BCUT2D eigenvalue weighted by molar-refractivity contribution is 7.59. The van der Waals surface area contributed by atoms with Gasteiger partial charge >= 0.3 is 24.1 Å². The molecule has 4 aromatic rings. The van der Waals surface area contributed by atoms with Gasteiger partial charge in [-0.15, -0.1) is 0 Å². The van der Waals surface area contributed by atoms with Gasteiger partial charge < -0.3 is 49.7 Å². The zero-order chi connectivity index (χ0) is 49.7. The summed E-state index contributed by atoms with van der Waals surface area (Å²) in [4.78, 5) is 75.2. The van der Waals surface area contributed by atoms with Gasteiger partial charge in [0.15, 0.2) is 0 Å². The lowest BCUT2D eigenvalue weighted by Gasteiger charge is -2.20. The Balaban J connectivity index is 0.00000840. The van der Waals surface area contributed by atoms with Crippen LogP contribution in [-0.2, 0) is 38.1 Å². The standard InChI is InChI=1S/C52H70N4O12.2CH4.H2S/c1-51(2,3)67-49(61)53-31-15-13-23-39(47(59)63-7)55-43(57)25-17-33-65-41-29-27-35-19-9-11-21-37(35)45(41)46-38-22-12-10-20-36(38)28-30-42(46)66-34-18-26-44(58)56-40(48(60)64-8)24-14-16-32-54-50(62)68-52(4,5)6;;;/h9-12,19-22,27-30,39-40H,13-18,23-26,31-34H2,1-8H3,(H,53,61)(H,54,62)(H,55,57)(H,56,58);2*1H4;1H2/t39-,40-;;;/m1.../s1. The highest BCUT2D eigenvalue weighted by Crippen LogP contribution is 2.45. The number of benzene rings is 4. The summed E-state index contributed by atoms with van der Waals surface area (Å²) in [5.41, 5.74) is 0.407. The zero-order valence-electron chi connectivity index (χ0n) is 41.4. The van der Waals surface area contributed by atoms with E-state index in [4.69, 9.17) is 28.4 Å². The number of hydrogen-bond acceptors (Lipinski definition) is 12. The van der Waals surface area contributed by atoms with E-state index in [0.29, 0.717) is 76.0 Å². The molecule has 4 aromatic carbocycles. The maximum atomic E-state index is 13.1. The van der Waals surface area contributed by atoms with Gasteiger partial charge in [-0.3, -0.25) is 9.59 Å². The quantitative estimate of drug-likeness (QED) is 0.0278. The van der Waals surface area contributed by atoms with Crippen molar-refractivity contribution in [2.45, 2.75) is 144 Å². The van der Waals surface area contributed by atoms with E-state index in [1.807, 2.05) is 72.8 Å². The van der Waals surface area contributed by atoms with E-state index < -0.39 is 47.4 Å². The van der Waals surface area contributed by atoms with Crippen LogP contribution in [-0.4, -0.2) is 99.7 Å². The fourth-order valence-corrected chi connectivity index (χ4v) is 7.36. The summed E-state index contributed by atoms with van der Waals surface area (Å²) in [5, 5.41) is 14.8. The third kappa shape index (κ3) is 21.7. The minimum atomic E-state index is -0.837. The van der Waals surface area contributed by atoms with Crippen molar-refractivity contribution in [3.8, 4) is 22.6 Å². The Morgan fingerprint density at radius 1 is 0.507 bits per heavy atom. The lowest BCUT2D eigenvalue weighted by molar-refractivity contribution is -0.145. The van der Waals surface area contributed by atoms with Crippen LogP contribution in [0.2, 0.25) is 0 Å². The second kappa shape index (κ2) is 31.2. The number of nitrogens with one attached hydrogen (secondary N) is 4. The number of ether oxygens (including phenoxy) is 6. The molecule has 0 spiro atoms. The van der Waals surface area contributed by atoms with Gasteiger partial charge in [0.05, 0.1) is 27.4 Å². The van der Waals surface area contributed by atoms with Crippen molar-refractivity contribution in [2.24, 2.45) is 0 Å². The number of carbonyl (C=O) groups excluding carboxylic acids is 6. The van der Waals surface area contributed by atoms with Crippen LogP contribution in [0.4, 0.5) is 9.59 Å². The lowest BCUT2D eigenvalue weighted by Crippen LogP contribution is -2.41. The van der Waals surface area contributed by atoms with Crippen molar-refractivity contribution in [1.29, 1.82) is 0 Å².